The molecule has 2 rings (SSSR count). The summed E-state index contributed by atoms with van der Waals surface area (Å²) in [5.74, 6) is 0. The minimum atomic E-state index is -4.83. The van der Waals surface area contributed by atoms with Crippen LogP contribution in [0.4, 0.5) is 26.3 Å². The van der Waals surface area contributed by atoms with Crippen molar-refractivity contribution in [2.24, 2.45) is 0 Å². The first-order valence-corrected chi connectivity index (χ1v) is 5.85. The van der Waals surface area contributed by atoms with E-state index in [9.17, 15) is 26.3 Å². The Labute approximate surface area is 117 Å². The molecule has 2 aromatic carbocycles. The fourth-order valence-corrected chi connectivity index (χ4v) is 1.80. The lowest BCUT2D eigenvalue weighted by Gasteiger charge is -2.11. The zero-order chi connectivity index (χ0) is 15.7. The first-order valence-electron chi connectivity index (χ1n) is 5.85. The monoisotopic (exact) mass is 303 g/mol. The molecule has 0 heterocycles. The quantitative estimate of drug-likeness (QED) is 0.520. The lowest BCUT2D eigenvalue weighted by Crippen LogP contribution is -2.11. The molecule has 0 aliphatic rings. The first-order chi connectivity index (χ1) is 9.66. The third-order valence-corrected chi connectivity index (χ3v) is 2.74. The molecule has 0 nitrogen and oxygen atoms in total. The average Bonchev–Trinajstić information content (AvgIpc) is 2.37. The van der Waals surface area contributed by atoms with E-state index in [-0.39, 0.29) is 11.6 Å². The van der Waals surface area contributed by atoms with Gasteiger partial charge in [0, 0.05) is 30.7 Å². The Hall–Kier alpha value is -2.11. The zero-order valence-corrected chi connectivity index (χ0v) is 10.5. The number of halogens is 6. The number of hydrogen-bond donors (Lipinski definition) is 0. The molecule has 2 aromatic rings. The van der Waals surface area contributed by atoms with Gasteiger partial charge in [-0.3, -0.25) is 0 Å². The molecular formula is C15H9F6+. The maximum Gasteiger partial charge on any atom is 0.423 e. The van der Waals surface area contributed by atoms with E-state index >= 15 is 0 Å². The van der Waals surface area contributed by atoms with Gasteiger partial charge in [0.05, 0.1) is 22.3 Å². The average molecular weight is 303 g/mol. The van der Waals surface area contributed by atoms with E-state index in [2.05, 4.69) is 0 Å². The lowest BCUT2D eigenvalue weighted by atomic mass is 9.99. The molecule has 0 aliphatic heterocycles. The van der Waals surface area contributed by atoms with Crippen LogP contribution in [0.2, 0.25) is 0 Å². The summed E-state index contributed by atoms with van der Waals surface area (Å²) in [6.07, 6.45) is -8.40. The topological polar surface area (TPSA) is 0 Å². The van der Waals surface area contributed by atoms with Gasteiger partial charge >= 0.3 is 12.4 Å². The highest BCUT2D eigenvalue weighted by Gasteiger charge is 2.38. The van der Waals surface area contributed by atoms with E-state index in [0.717, 1.165) is 0 Å². The Kier molecular flexibility index (Phi) is 3.89. The van der Waals surface area contributed by atoms with Crippen molar-refractivity contribution >= 4 is 0 Å². The van der Waals surface area contributed by atoms with Crippen molar-refractivity contribution in [3.63, 3.8) is 0 Å². The molecule has 6 heteroatoms. The van der Waals surface area contributed by atoms with E-state index in [0.29, 0.717) is 17.7 Å². The zero-order valence-electron chi connectivity index (χ0n) is 10.5. The van der Waals surface area contributed by atoms with Crippen molar-refractivity contribution in [2.45, 2.75) is 12.4 Å². The maximum absolute atomic E-state index is 12.7. The molecule has 0 N–H and O–H groups in total. The molecule has 0 radical (unpaired) electrons. The number of alkyl halides is 6. The summed E-state index contributed by atoms with van der Waals surface area (Å²) in [7, 11) is 0. The molecule has 0 bridgehead atoms. The molecule has 110 valence electrons. The van der Waals surface area contributed by atoms with Gasteiger partial charge in [-0.1, -0.05) is 0 Å². The minimum Gasteiger partial charge on any atom is -0.165 e. The third-order valence-electron chi connectivity index (χ3n) is 2.74. The van der Waals surface area contributed by atoms with Crippen LogP contribution in [0, 0.1) is 6.42 Å². The number of hydrogen-bond acceptors (Lipinski definition) is 0. The van der Waals surface area contributed by atoms with Crippen molar-refractivity contribution < 1.29 is 26.3 Å². The smallest absolute Gasteiger partial charge is 0.165 e. The van der Waals surface area contributed by atoms with Crippen LogP contribution in [0.1, 0.15) is 22.3 Å². The van der Waals surface area contributed by atoms with Gasteiger partial charge in [-0.05, 0) is 24.3 Å². The van der Waals surface area contributed by atoms with Gasteiger partial charge in [-0.15, -0.1) is 0 Å². The van der Waals surface area contributed by atoms with Gasteiger partial charge < -0.3 is 0 Å². The molecule has 0 aliphatic carbocycles. The highest BCUT2D eigenvalue weighted by molar-refractivity contribution is 5.42. The van der Waals surface area contributed by atoms with Crippen LogP contribution in [0.3, 0.4) is 0 Å². The largest absolute Gasteiger partial charge is 0.423 e. The van der Waals surface area contributed by atoms with Crippen LogP contribution in [-0.2, 0) is 12.4 Å². The predicted octanol–water partition coefficient (Wildman–Crippen LogP) is 5.32. The van der Waals surface area contributed by atoms with E-state index in [1.54, 1.807) is 30.3 Å². The fraction of sp³-hybridized carbons (Fsp3) is 0.133. The Morgan fingerprint density at radius 1 is 0.619 bits per heavy atom. The van der Waals surface area contributed by atoms with Crippen LogP contribution in [0.5, 0.6) is 0 Å². The molecular weight excluding hydrogens is 294 g/mol. The van der Waals surface area contributed by atoms with Gasteiger partial charge in [0.25, 0.3) is 0 Å². The van der Waals surface area contributed by atoms with Crippen molar-refractivity contribution in [1.82, 2.24) is 0 Å². The summed E-state index contributed by atoms with van der Waals surface area (Å²) < 4.78 is 76.2. The second kappa shape index (κ2) is 5.35. The van der Waals surface area contributed by atoms with Crippen LogP contribution in [-0.4, -0.2) is 0 Å². The molecule has 0 spiro atoms. The molecule has 0 aromatic heterocycles. The Balaban J connectivity index is 2.45. The van der Waals surface area contributed by atoms with Crippen LogP contribution in [0.25, 0.3) is 0 Å². The van der Waals surface area contributed by atoms with E-state index in [1.165, 1.54) is 6.42 Å². The molecule has 0 saturated carbocycles. The molecule has 0 saturated heterocycles. The molecule has 21 heavy (non-hydrogen) atoms. The summed E-state index contributed by atoms with van der Waals surface area (Å²) in [5, 5.41) is 0. The van der Waals surface area contributed by atoms with E-state index < -0.39 is 23.5 Å². The van der Waals surface area contributed by atoms with E-state index in [1.807, 2.05) is 0 Å². The van der Waals surface area contributed by atoms with Gasteiger partial charge in [0.15, 0.2) is 0 Å². The fourth-order valence-electron chi connectivity index (χ4n) is 1.80. The number of rotatable bonds is 2. The Morgan fingerprint density at radius 2 is 1.10 bits per heavy atom. The summed E-state index contributed by atoms with van der Waals surface area (Å²) in [6, 6.07) is 9.67. The van der Waals surface area contributed by atoms with Crippen LogP contribution in [0.15, 0.2) is 48.5 Å². The normalized spacial score (nSPS) is 12.3. The van der Waals surface area contributed by atoms with Gasteiger partial charge in [0.1, 0.15) is 0 Å². The van der Waals surface area contributed by atoms with Crippen molar-refractivity contribution in [3.8, 4) is 0 Å². The highest BCUT2D eigenvalue weighted by Crippen LogP contribution is 2.36. The summed E-state index contributed by atoms with van der Waals surface area (Å²) in [6.45, 7) is 0. The van der Waals surface area contributed by atoms with E-state index in [4.69, 9.17) is 0 Å². The van der Waals surface area contributed by atoms with Crippen molar-refractivity contribution in [2.75, 3.05) is 0 Å². The Morgan fingerprint density at radius 3 is 1.52 bits per heavy atom. The molecule has 0 unspecified atom stereocenters. The second-order valence-corrected chi connectivity index (χ2v) is 4.39. The highest BCUT2D eigenvalue weighted by atomic mass is 19.4. The number of benzene rings is 2. The summed E-state index contributed by atoms with van der Waals surface area (Å²) >= 11 is 0. The standard InChI is InChI=1S/C15H9F6/c16-14(17,18)12-7-11(6-10-4-2-1-3-5-10)8-13(9-12)15(19,20)21/h1-9H/q+1. The van der Waals surface area contributed by atoms with Gasteiger partial charge in [-0.25, -0.2) is 0 Å². The van der Waals surface area contributed by atoms with Crippen LogP contribution < -0.4 is 0 Å². The summed E-state index contributed by atoms with van der Waals surface area (Å²) in [4.78, 5) is 0. The second-order valence-electron chi connectivity index (χ2n) is 4.39. The molecule has 0 amide bonds. The van der Waals surface area contributed by atoms with Crippen molar-refractivity contribution in [1.29, 1.82) is 0 Å². The predicted molar refractivity (Wildman–Crippen MR) is 65.4 cm³/mol. The van der Waals surface area contributed by atoms with Crippen molar-refractivity contribution in [3.05, 3.63) is 77.2 Å². The molecule has 0 fully saturated rings. The molecule has 0 atom stereocenters. The first kappa shape index (κ1) is 15.3. The van der Waals surface area contributed by atoms with Crippen LogP contribution >= 0.6 is 0 Å². The maximum atomic E-state index is 12.7. The third kappa shape index (κ3) is 3.93. The Bertz CT molecular complexity index is 578. The van der Waals surface area contributed by atoms with Gasteiger partial charge in [0.2, 0.25) is 0 Å². The summed E-state index contributed by atoms with van der Waals surface area (Å²) in [5.41, 5.74) is -2.27. The lowest BCUT2D eigenvalue weighted by molar-refractivity contribution is -0.143. The van der Waals surface area contributed by atoms with Gasteiger partial charge in [-0.2, -0.15) is 26.3 Å². The SMILES string of the molecule is FC(F)(F)c1cc([CH+]c2ccccc2)cc(C(F)(F)F)c1. The minimum absolute atomic E-state index is 0.113.